The number of benzene rings is 1. The van der Waals surface area contributed by atoms with Crippen LogP contribution in [0, 0.1) is 5.82 Å². The van der Waals surface area contributed by atoms with E-state index in [0.29, 0.717) is 0 Å². The fourth-order valence-electron chi connectivity index (χ4n) is 1.40. The van der Waals surface area contributed by atoms with E-state index in [1.165, 1.54) is 7.05 Å². The second-order valence-electron chi connectivity index (χ2n) is 4.39. The number of rotatable bonds is 5. The summed E-state index contributed by atoms with van der Waals surface area (Å²) in [5, 5.41) is 0. The van der Waals surface area contributed by atoms with Crippen LogP contribution >= 0.6 is 11.6 Å². The summed E-state index contributed by atoms with van der Waals surface area (Å²) in [6.07, 6.45) is 0.918. The summed E-state index contributed by atoms with van der Waals surface area (Å²) < 4.78 is 62.0. The predicted molar refractivity (Wildman–Crippen MR) is 74.6 cm³/mol. The van der Waals surface area contributed by atoms with Crippen molar-refractivity contribution in [1.29, 1.82) is 0 Å². The van der Waals surface area contributed by atoms with E-state index < -0.39 is 36.6 Å². The van der Waals surface area contributed by atoms with Crippen LogP contribution in [0.2, 0.25) is 0 Å². The third-order valence-corrected chi connectivity index (χ3v) is 6.38. The molecule has 0 aliphatic rings. The van der Waals surface area contributed by atoms with Crippen LogP contribution < -0.4 is 0 Å². The molecule has 0 radical (unpaired) electrons. The Morgan fingerprint density at radius 1 is 1.30 bits per heavy atom. The van der Waals surface area contributed by atoms with E-state index in [2.05, 4.69) is 0 Å². The lowest BCUT2D eigenvalue weighted by molar-refractivity contribution is 0.409. The second kappa shape index (κ2) is 5.97. The number of sulfonamides is 1. The molecule has 0 N–H and O–H groups in total. The Morgan fingerprint density at radius 2 is 1.85 bits per heavy atom. The molecule has 1 unspecified atom stereocenters. The maximum atomic E-state index is 13.7. The Morgan fingerprint density at radius 3 is 2.30 bits per heavy atom. The first-order valence-electron chi connectivity index (χ1n) is 5.55. The van der Waals surface area contributed by atoms with Gasteiger partial charge >= 0.3 is 0 Å². The molecule has 1 atom stereocenters. The van der Waals surface area contributed by atoms with Crippen molar-refractivity contribution >= 4 is 31.5 Å². The molecule has 0 aliphatic carbocycles. The van der Waals surface area contributed by atoms with Crippen LogP contribution in [0.3, 0.4) is 0 Å². The molecule has 5 nitrogen and oxygen atoms in total. The Balaban J connectivity index is 3.46. The highest BCUT2D eigenvalue weighted by Crippen LogP contribution is 2.23. The minimum absolute atomic E-state index is 0.0309. The van der Waals surface area contributed by atoms with Gasteiger partial charge in [-0.2, -0.15) is 4.31 Å². The van der Waals surface area contributed by atoms with Crippen LogP contribution in [-0.4, -0.2) is 46.4 Å². The number of hydrogen-bond donors (Lipinski definition) is 0. The van der Waals surface area contributed by atoms with Crippen molar-refractivity contribution in [3.8, 4) is 0 Å². The largest absolute Gasteiger partial charge is 0.246 e. The van der Waals surface area contributed by atoms with Crippen LogP contribution in [-0.2, 0) is 19.9 Å². The average molecular weight is 344 g/mol. The van der Waals surface area contributed by atoms with Crippen molar-refractivity contribution in [3.05, 3.63) is 24.0 Å². The molecule has 9 heteroatoms. The van der Waals surface area contributed by atoms with E-state index in [4.69, 9.17) is 11.6 Å². The number of nitrogens with zero attached hydrogens (tertiary/aromatic N) is 1. The zero-order valence-electron chi connectivity index (χ0n) is 11.2. The summed E-state index contributed by atoms with van der Waals surface area (Å²) in [7, 11) is -6.53. The molecular formula is C11H15ClFNO4S2. The molecule has 0 aromatic heterocycles. The van der Waals surface area contributed by atoms with Crippen LogP contribution in [0.5, 0.6) is 0 Å². The van der Waals surface area contributed by atoms with Gasteiger partial charge in [-0.15, -0.1) is 11.6 Å². The van der Waals surface area contributed by atoms with Crippen molar-refractivity contribution in [3.63, 3.8) is 0 Å². The first kappa shape index (κ1) is 17.4. The molecule has 114 valence electrons. The SMILES string of the molecule is CC(CCl)N(C)S(=O)(=O)c1cc(S(C)(=O)=O)ccc1F. The van der Waals surface area contributed by atoms with Crippen molar-refractivity contribution in [2.24, 2.45) is 0 Å². The third kappa shape index (κ3) is 3.49. The normalized spacial score (nSPS) is 14.5. The van der Waals surface area contributed by atoms with Gasteiger partial charge in [0, 0.05) is 25.2 Å². The van der Waals surface area contributed by atoms with E-state index in [1.54, 1.807) is 6.92 Å². The standard InChI is InChI=1S/C11H15ClFNO4S2/c1-8(7-12)14(2)20(17,18)11-6-9(19(3,15)16)4-5-10(11)13/h4-6,8H,7H2,1-3H3. The zero-order valence-corrected chi connectivity index (χ0v) is 13.6. The summed E-state index contributed by atoms with van der Waals surface area (Å²) in [5.41, 5.74) is 0. The molecule has 1 aromatic carbocycles. The zero-order chi connectivity index (χ0) is 15.7. The summed E-state index contributed by atoms with van der Waals surface area (Å²) in [6.45, 7) is 1.56. The Labute approximate surface area is 123 Å². The van der Waals surface area contributed by atoms with Gasteiger partial charge in [-0.25, -0.2) is 21.2 Å². The quantitative estimate of drug-likeness (QED) is 0.599. The average Bonchev–Trinajstić information content (AvgIpc) is 2.35. The summed E-state index contributed by atoms with van der Waals surface area (Å²) in [6, 6.07) is 2.11. The summed E-state index contributed by atoms with van der Waals surface area (Å²) in [4.78, 5) is -0.940. The molecule has 0 spiro atoms. The fraction of sp³-hybridized carbons (Fsp3) is 0.455. The number of hydrogen-bond acceptors (Lipinski definition) is 4. The summed E-state index contributed by atoms with van der Waals surface area (Å²) >= 11 is 5.59. The fourth-order valence-corrected chi connectivity index (χ4v) is 3.86. The third-order valence-electron chi connectivity index (χ3n) is 2.83. The number of sulfone groups is 1. The monoisotopic (exact) mass is 343 g/mol. The van der Waals surface area contributed by atoms with E-state index in [0.717, 1.165) is 28.8 Å². The van der Waals surface area contributed by atoms with Gasteiger partial charge < -0.3 is 0 Å². The van der Waals surface area contributed by atoms with E-state index in [1.807, 2.05) is 0 Å². The second-order valence-corrected chi connectivity index (χ2v) is 8.68. The van der Waals surface area contributed by atoms with Crippen LogP contribution in [0.1, 0.15) is 6.92 Å². The highest BCUT2D eigenvalue weighted by Gasteiger charge is 2.29. The lowest BCUT2D eigenvalue weighted by Gasteiger charge is -2.22. The lowest BCUT2D eigenvalue weighted by Crippen LogP contribution is -2.36. The first-order valence-corrected chi connectivity index (χ1v) is 9.42. The van der Waals surface area contributed by atoms with Gasteiger partial charge in [0.15, 0.2) is 9.84 Å². The summed E-state index contributed by atoms with van der Waals surface area (Å²) in [5.74, 6) is -0.977. The van der Waals surface area contributed by atoms with Crippen molar-refractivity contribution in [2.75, 3.05) is 19.2 Å². The van der Waals surface area contributed by atoms with Gasteiger partial charge in [0.2, 0.25) is 10.0 Å². The van der Waals surface area contributed by atoms with Crippen LogP contribution in [0.25, 0.3) is 0 Å². The molecule has 20 heavy (non-hydrogen) atoms. The molecule has 0 fully saturated rings. The number of halogens is 2. The Bertz CT molecular complexity index is 703. The maximum absolute atomic E-state index is 13.7. The van der Waals surface area contributed by atoms with Gasteiger partial charge in [-0.3, -0.25) is 0 Å². The molecule has 0 saturated carbocycles. The lowest BCUT2D eigenvalue weighted by atomic mass is 10.3. The van der Waals surface area contributed by atoms with E-state index >= 15 is 0 Å². The number of alkyl halides is 1. The first-order chi connectivity index (χ1) is 9.01. The van der Waals surface area contributed by atoms with Gasteiger partial charge in [0.05, 0.1) is 4.90 Å². The van der Waals surface area contributed by atoms with Crippen molar-refractivity contribution in [1.82, 2.24) is 4.31 Å². The minimum atomic E-state index is -4.15. The van der Waals surface area contributed by atoms with Crippen molar-refractivity contribution < 1.29 is 21.2 Å². The minimum Gasteiger partial charge on any atom is -0.224 e. The van der Waals surface area contributed by atoms with E-state index in [9.17, 15) is 21.2 Å². The molecule has 0 heterocycles. The smallest absolute Gasteiger partial charge is 0.224 e. The van der Waals surface area contributed by atoms with Gasteiger partial charge in [-0.1, -0.05) is 0 Å². The van der Waals surface area contributed by atoms with Gasteiger partial charge in [0.1, 0.15) is 10.7 Å². The highest BCUT2D eigenvalue weighted by atomic mass is 35.5. The molecule has 1 aromatic rings. The predicted octanol–water partition coefficient (Wildman–Crippen LogP) is 1.48. The Kier molecular flexibility index (Phi) is 5.18. The molecule has 0 saturated heterocycles. The Hall–Kier alpha value is -0.700. The van der Waals surface area contributed by atoms with Crippen LogP contribution in [0.15, 0.2) is 28.0 Å². The highest BCUT2D eigenvalue weighted by molar-refractivity contribution is 7.91. The van der Waals surface area contributed by atoms with Gasteiger partial charge in [0.25, 0.3) is 0 Å². The molecule has 0 bridgehead atoms. The van der Waals surface area contributed by atoms with Gasteiger partial charge in [-0.05, 0) is 25.1 Å². The van der Waals surface area contributed by atoms with Crippen LogP contribution in [0.4, 0.5) is 4.39 Å². The maximum Gasteiger partial charge on any atom is 0.246 e. The molecular weight excluding hydrogens is 329 g/mol. The molecule has 0 amide bonds. The van der Waals surface area contributed by atoms with Crippen molar-refractivity contribution in [2.45, 2.75) is 22.8 Å². The topological polar surface area (TPSA) is 71.5 Å². The molecule has 0 aliphatic heterocycles. The molecule has 1 rings (SSSR count). The van der Waals surface area contributed by atoms with E-state index in [-0.39, 0.29) is 10.8 Å².